The van der Waals surface area contributed by atoms with E-state index in [4.69, 9.17) is 0 Å². The van der Waals surface area contributed by atoms with Crippen LogP contribution in [0, 0.1) is 0 Å². The number of rotatable bonds is 4. The average Bonchev–Trinajstić information content (AvgIpc) is 3.29. The first kappa shape index (κ1) is 14.3. The van der Waals surface area contributed by atoms with Crippen molar-refractivity contribution in [1.82, 2.24) is 4.90 Å². The summed E-state index contributed by atoms with van der Waals surface area (Å²) >= 11 is 3.50. The van der Waals surface area contributed by atoms with E-state index in [2.05, 4.69) is 40.2 Å². The summed E-state index contributed by atoms with van der Waals surface area (Å²) < 4.78 is 1.03. The van der Waals surface area contributed by atoms with Crippen LogP contribution in [-0.4, -0.2) is 17.9 Å². The Bertz CT molecular complexity index is 649. The minimum atomic E-state index is -0.298. The van der Waals surface area contributed by atoms with Gasteiger partial charge in [0.2, 0.25) is 5.91 Å². The molecular formula is C18H18BrNO. The molecule has 2 nitrogen and oxygen atoms in total. The van der Waals surface area contributed by atoms with E-state index in [9.17, 15) is 4.79 Å². The van der Waals surface area contributed by atoms with Gasteiger partial charge >= 0.3 is 0 Å². The normalized spacial score (nSPS) is 15.5. The van der Waals surface area contributed by atoms with Gasteiger partial charge in [0.05, 0.1) is 5.41 Å². The number of nitrogens with zero attached hydrogens (tertiary/aromatic N) is 1. The fourth-order valence-electron chi connectivity index (χ4n) is 2.83. The Morgan fingerprint density at radius 3 is 2.48 bits per heavy atom. The fraction of sp³-hybridized carbons (Fsp3) is 0.278. The second kappa shape index (κ2) is 5.64. The second-order valence-electron chi connectivity index (χ2n) is 5.74. The minimum Gasteiger partial charge on any atom is -0.341 e. The Hall–Kier alpha value is -1.61. The van der Waals surface area contributed by atoms with Crippen LogP contribution >= 0.6 is 15.9 Å². The number of likely N-dealkylation sites (N-methyl/N-ethyl adjacent to an activating group) is 1. The van der Waals surface area contributed by atoms with Crippen LogP contribution in [0.4, 0.5) is 0 Å². The van der Waals surface area contributed by atoms with Crippen molar-refractivity contribution in [2.75, 3.05) is 7.05 Å². The van der Waals surface area contributed by atoms with Gasteiger partial charge in [0.25, 0.3) is 0 Å². The number of amides is 1. The monoisotopic (exact) mass is 343 g/mol. The number of hydrogen-bond donors (Lipinski definition) is 0. The van der Waals surface area contributed by atoms with Gasteiger partial charge < -0.3 is 4.90 Å². The molecule has 1 aliphatic rings. The van der Waals surface area contributed by atoms with Crippen LogP contribution in [0.15, 0.2) is 59.1 Å². The van der Waals surface area contributed by atoms with E-state index in [0.717, 1.165) is 22.9 Å². The zero-order valence-corrected chi connectivity index (χ0v) is 13.6. The summed E-state index contributed by atoms with van der Waals surface area (Å²) in [5.41, 5.74) is 1.99. The maximum atomic E-state index is 12.9. The van der Waals surface area contributed by atoms with Crippen LogP contribution in [0.25, 0.3) is 0 Å². The van der Waals surface area contributed by atoms with E-state index < -0.39 is 0 Å². The Kier molecular flexibility index (Phi) is 3.85. The van der Waals surface area contributed by atoms with Crippen molar-refractivity contribution in [2.24, 2.45) is 0 Å². The summed E-state index contributed by atoms with van der Waals surface area (Å²) in [5.74, 6) is 0.226. The highest BCUT2D eigenvalue weighted by Crippen LogP contribution is 2.50. The number of carbonyl (C=O) groups is 1. The molecule has 3 heteroatoms. The summed E-state index contributed by atoms with van der Waals surface area (Å²) in [6.07, 6.45) is 1.89. The second-order valence-corrected chi connectivity index (χ2v) is 6.65. The minimum absolute atomic E-state index is 0.226. The molecule has 21 heavy (non-hydrogen) atoms. The molecule has 0 aliphatic heterocycles. The van der Waals surface area contributed by atoms with Crippen LogP contribution in [0.1, 0.15) is 24.0 Å². The molecule has 1 fully saturated rings. The van der Waals surface area contributed by atoms with E-state index in [1.807, 2.05) is 42.3 Å². The van der Waals surface area contributed by atoms with Gasteiger partial charge in [-0.3, -0.25) is 4.79 Å². The maximum absolute atomic E-state index is 12.9. The van der Waals surface area contributed by atoms with E-state index in [0.29, 0.717) is 6.54 Å². The molecule has 0 radical (unpaired) electrons. The topological polar surface area (TPSA) is 20.3 Å². The third kappa shape index (κ3) is 2.88. The van der Waals surface area contributed by atoms with Gasteiger partial charge in [-0.1, -0.05) is 58.4 Å². The lowest BCUT2D eigenvalue weighted by molar-refractivity contribution is -0.133. The molecule has 0 heterocycles. The molecule has 2 aromatic rings. The maximum Gasteiger partial charge on any atom is 0.233 e. The Labute approximate surface area is 133 Å². The molecule has 0 N–H and O–H groups in total. The van der Waals surface area contributed by atoms with Gasteiger partial charge in [0, 0.05) is 18.1 Å². The number of benzene rings is 2. The van der Waals surface area contributed by atoms with Crippen LogP contribution in [0.2, 0.25) is 0 Å². The van der Waals surface area contributed by atoms with Gasteiger partial charge in [0.1, 0.15) is 0 Å². The Morgan fingerprint density at radius 1 is 1.14 bits per heavy atom. The van der Waals surface area contributed by atoms with Gasteiger partial charge in [-0.2, -0.15) is 0 Å². The third-order valence-electron chi connectivity index (χ3n) is 4.15. The molecule has 108 valence electrons. The van der Waals surface area contributed by atoms with Crippen molar-refractivity contribution in [3.8, 4) is 0 Å². The van der Waals surface area contributed by atoms with E-state index >= 15 is 0 Å². The molecule has 1 aliphatic carbocycles. The summed E-state index contributed by atoms with van der Waals surface area (Å²) in [4.78, 5) is 14.7. The van der Waals surface area contributed by atoms with Gasteiger partial charge in [-0.15, -0.1) is 0 Å². The predicted molar refractivity (Wildman–Crippen MR) is 88.0 cm³/mol. The third-order valence-corrected chi connectivity index (χ3v) is 4.64. The number of halogens is 1. The first-order valence-electron chi connectivity index (χ1n) is 7.17. The van der Waals surface area contributed by atoms with E-state index in [1.54, 1.807) is 0 Å². The molecule has 1 saturated carbocycles. The molecule has 0 unspecified atom stereocenters. The molecule has 0 spiro atoms. The largest absolute Gasteiger partial charge is 0.341 e. The summed E-state index contributed by atoms with van der Waals surface area (Å²) in [6, 6.07) is 18.3. The molecule has 2 aromatic carbocycles. The number of hydrogen-bond acceptors (Lipinski definition) is 1. The van der Waals surface area contributed by atoms with Crippen molar-refractivity contribution >= 4 is 21.8 Å². The fourth-order valence-corrected chi connectivity index (χ4v) is 3.23. The molecule has 0 aromatic heterocycles. The predicted octanol–water partition coefficient (Wildman–Crippen LogP) is 4.14. The van der Waals surface area contributed by atoms with E-state index in [1.165, 1.54) is 5.56 Å². The quantitative estimate of drug-likeness (QED) is 0.816. The molecule has 0 bridgehead atoms. The molecule has 3 rings (SSSR count). The summed E-state index contributed by atoms with van der Waals surface area (Å²) in [6.45, 7) is 0.662. The van der Waals surface area contributed by atoms with Crippen molar-refractivity contribution in [2.45, 2.75) is 24.8 Å². The summed E-state index contributed by atoms with van der Waals surface area (Å²) in [5, 5.41) is 0. The van der Waals surface area contributed by atoms with Crippen molar-refractivity contribution in [3.63, 3.8) is 0 Å². The first-order chi connectivity index (χ1) is 10.1. The van der Waals surface area contributed by atoms with E-state index in [-0.39, 0.29) is 11.3 Å². The highest BCUT2D eigenvalue weighted by atomic mass is 79.9. The van der Waals surface area contributed by atoms with Gasteiger partial charge in [-0.25, -0.2) is 0 Å². The number of carbonyl (C=O) groups excluding carboxylic acids is 1. The van der Waals surface area contributed by atoms with Crippen LogP contribution in [0.5, 0.6) is 0 Å². The van der Waals surface area contributed by atoms with Crippen molar-refractivity contribution in [3.05, 3.63) is 70.2 Å². The van der Waals surface area contributed by atoms with Crippen molar-refractivity contribution in [1.29, 1.82) is 0 Å². The van der Waals surface area contributed by atoms with Crippen LogP contribution in [0.3, 0.4) is 0 Å². The SMILES string of the molecule is CN(Cc1ccccc1)C(=O)C1(c2cccc(Br)c2)CC1. The van der Waals surface area contributed by atoms with Crippen LogP contribution in [-0.2, 0) is 16.8 Å². The van der Waals surface area contributed by atoms with Crippen LogP contribution < -0.4 is 0 Å². The van der Waals surface area contributed by atoms with Crippen molar-refractivity contribution < 1.29 is 4.79 Å². The molecule has 0 atom stereocenters. The lowest BCUT2D eigenvalue weighted by Gasteiger charge is -2.24. The molecular weight excluding hydrogens is 326 g/mol. The highest BCUT2D eigenvalue weighted by Gasteiger charge is 2.52. The standard InChI is InChI=1S/C18H18BrNO/c1-20(13-14-6-3-2-4-7-14)17(21)18(10-11-18)15-8-5-9-16(19)12-15/h2-9,12H,10-11,13H2,1H3. The van der Waals surface area contributed by atoms with Gasteiger partial charge in [0.15, 0.2) is 0 Å². The molecule has 0 saturated heterocycles. The first-order valence-corrected chi connectivity index (χ1v) is 7.97. The smallest absolute Gasteiger partial charge is 0.233 e. The molecule has 1 amide bonds. The van der Waals surface area contributed by atoms with Gasteiger partial charge in [-0.05, 0) is 36.1 Å². The highest BCUT2D eigenvalue weighted by molar-refractivity contribution is 9.10. The Balaban J connectivity index is 1.78. The lowest BCUT2D eigenvalue weighted by atomic mass is 9.94. The Morgan fingerprint density at radius 2 is 1.86 bits per heavy atom. The lowest BCUT2D eigenvalue weighted by Crippen LogP contribution is -2.36. The average molecular weight is 344 g/mol. The zero-order chi connectivity index (χ0) is 14.9. The summed E-state index contributed by atoms with van der Waals surface area (Å²) in [7, 11) is 1.90. The zero-order valence-electron chi connectivity index (χ0n) is 12.1.